The van der Waals surface area contributed by atoms with Gasteiger partial charge in [-0.05, 0) is 56.5 Å². The molecular formula is C15H21N3. The van der Waals surface area contributed by atoms with E-state index in [0.29, 0.717) is 6.04 Å². The van der Waals surface area contributed by atoms with E-state index in [1.165, 1.54) is 35.9 Å². The van der Waals surface area contributed by atoms with E-state index in [2.05, 4.69) is 36.3 Å². The summed E-state index contributed by atoms with van der Waals surface area (Å²) >= 11 is 0. The molecule has 0 amide bonds. The molecule has 0 spiro atoms. The third-order valence-electron chi connectivity index (χ3n) is 4.00. The van der Waals surface area contributed by atoms with Crippen molar-refractivity contribution in [2.75, 3.05) is 6.54 Å². The van der Waals surface area contributed by atoms with Gasteiger partial charge in [-0.3, -0.25) is 0 Å². The summed E-state index contributed by atoms with van der Waals surface area (Å²) in [5.74, 6) is 1.12. The van der Waals surface area contributed by atoms with Crippen LogP contribution in [-0.4, -0.2) is 22.6 Å². The number of piperidine rings is 1. The third kappa shape index (κ3) is 2.27. The first-order valence-electron chi connectivity index (χ1n) is 6.91. The van der Waals surface area contributed by atoms with Gasteiger partial charge in [0, 0.05) is 12.5 Å². The maximum Gasteiger partial charge on any atom is 0.108 e. The van der Waals surface area contributed by atoms with Crippen LogP contribution in [0.15, 0.2) is 12.1 Å². The fraction of sp³-hybridized carbons (Fsp3) is 0.533. The highest BCUT2D eigenvalue weighted by molar-refractivity contribution is 5.77. The zero-order valence-corrected chi connectivity index (χ0v) is 11.2. The van der Waals surface area contributed by atoms with Gasteiger partial charge in [0.2, 0.25) is 0 Å². The van der Waals surface area contributed by atoms with Crippen LogP contribution in [0.1, 0.15) is 36.2 Å². The minimum Gasteiger partial charge on any atom is -0.342 e. The van der Waals surface area contributed by atoms with Crippen LogP contribution in [-0.2, 0) is 6.42 Å². The third-order valence-corrected chi connectivity index (χ3v) is 4.00. The van der Waals surface area contributed by atoms with Crippen molar-refractivity contribution in [3.63, 3.8) is 0 Å². The summed E-state index contributed by atoms with van der Waals surface area (Å²) in [6.07, 6.45) is 4.95. The normalized spacial score (nSPS) is 20.4. The number of rotatable bonds is 2. The van der Waals surface area contributed by atoms with Crippen LogP contribution < -0.4 is 5.32 Å². The summed E-state index contributed by atoms with van der Waals surface area (Å²) < 4.78 is 0. The minimum absolute atomic E-state index is 0.599. The quantitative estimate of drug-likeness (QED) is 0.851. The van der Waals surface area contributed by atoms with Gasteiger partial charge >= 0.3 is 0 Å². The topological polar surface area (TPSA) is 40.7 Å². The van der Waals surface area contributed by atoms with Gasteiger partial charge in [0.25, 0.3) is 0 Å². The highest BCUT2D eigenvalue weighted by Gasteiger charge is 2.15. The Labute approximate surface area is 108 Å². The average Bonchev–Trinajstić information content (AvgIpc) is 2.72. The molecule has 1 saturated heterocycles. The maximum absolute atomic E-state index is 4.71. The summed E-state index contributed by atoms with van der Waals surface area (Å²) in [6, 6.07) is 4.98. The van der Waals surface area contributed by atoms with E-state index in [9.17, 15) is 0 Å². The second-order valence-electron chi connectivity index (χ2n) is 5.49. The molecule has 1 aliphatic rings. The zero-order chi connectivity index (χ0) is 12.5. The molecule has 0 aliphatic carbocycles. The number of benzene rings is 1. The van der Waals surface area contributed by atoms with Gasteiger partial charge in [-0.1, -0.05) is 6.42 Å². The molecule has 1 fully saturated rings. The van der Waals surface area contributed by atoms with Crippen molar-refractivity contribution in [2.24, 2.45) is 0 Å². The lowest BCUT2D eigenvalue weighted by atomic mass is 10.0. The van der Waals surface area contributed by atoms with Gasteiger partial charge in [0.15, 0.2) is 0 Å². The Kier molecular flexibility index (Phi) is 3.08. The number of aryl methyl sites for hydroxylation is 2. The van der Waals surface area contributed by atoms with Crippen LogP contribution in [0, 0.1) is 13.8 Å². The number of hydrogen-bond donors (Lipinski definition) is 2. The fourth-order valence-corrected chi connectivity index (χ4v) is 2.75. The molecule has 0 saturated carbocycles. The van der Waals surface area contributed by atoms with E-state index >= 15 is 0 Å². The van der Waals surface area contributed by atoms with Crippen LogP contribution in [0.5, 0.6) is 0 Å². The molecule has 2 aromatic rings. The second-order valence-corrected chi connectivity index (χ2v) is 5.49. The van der Waals surface area contributed by atoms with Crippen LogP contribution >= 0.6 is 0 Å². The van der Waals surface area contributed by atoms with Crippen LogP contribution in [0.25, 0.3) is 11.0 Å². The molecule has 2 N–H and O–H groups in total. The number of fused-ring (bicyclic) bond motifs is 1. The highest BCUT2D eigenvalue weighted by atomic mass is 15.0. The summed E-state index contributed by atoms with van der Waals surface area (Å²) in [6.45, 7) is 5.45. The molecule has 0 bridgehead atoms. The monoisotopic (exact) mass is 243 g/mol. The van der Waals surface area contributed by atoms with Crippen molar-refractivity contribution in [1.82, 2.24) is 15.3 Å². The number of H-pyrrole nitrogens is 1. The lowest BCUT2D eigenvalue weighted by Gasteiger charge is -2.22. The van der Waals surface area contributed by atoms with Crippen molar-refractivity contribution in [3.05, 3.63) is 29.1 Å². The number of nitrogens with zero attached hydrogens (tertiary/aromatic N) is 1. The predicted octanol–water partition coefficient (Wildman–Crippen LogP) is 2.86. The van der Waals surface area contributed by atoms with Gasteiger partial charge in [0.05, 0.1) is 11.0 Å². The average molecular weight is 243 g/mol. The number of nitrogens with one attached hydrogen (secondary N) is 2. The molecule has 1 unspecified atom stereocenters. The largest absolute Gasteiger partial charge is 0.342 e. The van der Waals surface area contributed by atoms with Crippen molar-refractivity contribution in [1.29, 1.82) is 0 Å². The van der Waals surface area contributed by atoms with Gasteiger partial charge in [-0.25, -0.2) is 4.98 Å². The SMILES string of the molecule is Cc1cc2nc(CC3CCCCN3)[nH]c2cc1C. The number of aromatic nitrogens is 2. The Morgan fingerprint density at radius 3 is 2.83 bits per heavy atom. The fourth-order valence-electron chi connectivity index (χ4n) is 2.75. The molecule has 96 valence electrons. The van der Waals surface area contributed by atoms with Gasteiger partial charge < -0.3 is 10.3 Å². The summed E-state index contributed by atoms with van der Waals surface area (Å²) in [4.78, 5) is 8.17. The lowest BCUT2D eigenvalue weighted by molar-refractivity contribution is 0.395. The molecule has 1 aliphatic heterocycles. The Balaban J connectivity index is 1.84. The van der Waals surface area contributed by atoms with Gasteiger partial charge in [-0.15, -0.1) is 0 Å². The summed E-state index contributed by atoms with van der Waals surface area (Å²) in [5.41, 5.74) is 4.91. The minimum atomic E-state index is 0.599. The van der Waals surface area contributed by atoms with Crippen molar-refractivity contribution >= 4 is 11.0 Å². The molecule has 3 nitrogen and oxygen atoms in total. The Hall–Kier alpha value is -1.35. The number of aromatic amines is 1. The zero-order valence-electron chi connectivity index (χ0n) is 11.2. The first-order chi connectivity index (χ1) is 8.72. The van der Waals surface area contributed by atoms with Crippen molar-refractivity contribution < 1.29 is 0 Å². The van der Waals surface area contributed by atoms with E-state index in [1.54, 1.807) is 0 Å². The van der Waals surface area contributed by atoms with Crippen molar-refractivity contribution in [3.8, 4) is 0 Å². The Morgan fingerprint density at radius 1 is 1.22 bits per heavy atom. The van der Waals surface area contributed by atoms with Gasteiger partial charge in [0.1, 0.15) is 5.82 Å². The second kappa shape index (κ2) is 4.73. The summed E-state index contributed by atoms with van der Waals surface area (Å²) in [7, 11) is 0. The molecule has 18 heavy (non-hydrogen) atoms. The van der Waals surface area contributed by atoms with Crippen LogP contribution in [0.2, 0.25) is 0 Å². The molecule has 1 aromatic heterocycles. The molecule has 0 radical (unpaired) electrons. The molecule has 3 heteroatoms. The predicted molar refractivity (Wildman–Crippen MR) is 74.9 cm³/mol. The first-order valence-corrected chi connectivity index (χ1v) is 6.91. The van der Waals surface area contributed by atoms with E-state index in [-0.39, 0.29) is 0 Å². The Bertz CT molecular complexity index is 511. The highest BCUT2D eigenvalue weighted by Crippen LogP contribution is 2.19. The maximum atomic E-state index is 4.71. The van der Waals surface area contributed by atoms with E-state index < -0.39 is 0 Å². The molecule has 3 rings (SSSR count). The van der Waals surface area contributed by atoms with Gasteiger partial charge in [-0.2, -0.15) is 0 Å². The standard InChI is InChI=1S/C15H21N3/c1-10-7-13-14(8-11(10)2)18-15(17-13)9-12-5-3-4-6-16-12/h7-8,12,16H,3-6,9H2,1-2H3,(H,17,18). The van der Waals surface area contributed by atoms with E-state index in [4.69, 9.17) is 4.98 Å². The summed E-state index contributed by atoms with van der Waals surface area (Å²) in [5, 5.41) is 3.57. The first kappa shape index (κ1) is 11.7. The van der Waals surface area contributed by atoms with E-state index in [0.717, 1.165) is 24.3 Å². The molecule has 2 heterocycles. The van der Waals surface area contributed by atoms with Crippen LogP contribution in [0.3, 0.4) is 0 Å². The Morgan fingerprint density at radius 2 is 2.06 bits per heavy atom. The molecular weight excluding hydrogens is 222 g/mol. The van der Waals surface area contributed by atoms with Crippen LogP contribution in [0.4, 0.5) is 0 Å². The molecule has 1 aromatic carbocycles. The lowest BCUT2D eigenvalue weighted by Crippen LogP contribution is -2.35. The molecule has 1 atom stereocenters. The van der Waals surface area contributed by atoms with Crippen molar-refractivity contribution in [2.45, 2.75) is 45.6 Å². The smallest absolute Gasteiger partial charge is 0.108 e. The van der Waals surface area contributed by atoms with E-state index in [1.807, 2.05) is 0 Å². The number of imidazole rings is 1. The number of hydrogen-bond acceptors (Lipinski definition) is 2.